The van der Waals surface area contributed by atoms with Crippen LogP contribution in [0.25, 0.3) is 0 Å². The predicted octanol–water partition coefficient (Wildman–Crippen LogP) is 1.30. The molecule has 0 aromatic carbocycles. The third-order valence-electron chi connectivity index (χ3n) is 1.59. The number of aliphatic hydroxyl groups is 1. The molecule has 1 heterocycles. The summed E-state index contributed by atoms with van der Waals surface area (Å²) in [7, 11) is 0. The van der Waals surface area contributed by atoms with E-state index in [4.69, 9.17) is 4.74 Å². The third kappa shape index (κ3) is 2.40. The van der Waals surface area contributed by atoms with Gasteiger partial charge in [-0.15, -0.1) is 11.3 Å². The number of aromatic nitrogens is 1. The molecule has 0 bridgehead atoms. The first-order valence-corrected chi connectivity index (χ1v) is 4.97. The molecule has 1 unspecified atom stereocenters. The van der Waals surface area contributed by atoms with E-state index in [1.54, 1.807) is 12.4 Å². The fourth-order valence-corrected chi connectivity index (χ4v) is 1.50. The van der Waals surface area contributed by atoms with Gasteiger partial charge in [0, 0.05) is 6.20 Å². The van der Waals surface area contributed by atoms with E-state index in [-0.39, 0.29) is 12.2 Å². The van der Waals surface area contributed by atoms with Crippen molar-refractivity contribution in [1.82, 2.24) is 4.98 Å². The maximum atomic E-state index is 11.2. The van der Waals surface area contributed by atoms with Crippen molar-refractivity contribution in [2.75, 3.05) is 6.61 Å². The number of rotatable bonds is 4. The van der Waals surface area contributed by atoms with Crippen LogP contribution in [-0.4, -0.2) is 22.7 Å². The summed E-state index contributed by atoms with van der Waals surface area (Å²) in [6.45, 7) is 5.45. The van der Waals surface area contributed by atoms with Gasteiger partial charge in [0.15, 0.2) is 0 Å². The molecule has 76 valence electrons. The van der Waals surface area contributed by atoms with Gasteiger partial charge in [-0.2, -0.15) is 0 Å². The first kappa shape index (κ1) is 10.9. The summed E-state index contributed by atoms with van der Waals surface area (Å²) < 4.78 is 4.71. The molecule has 5 heteroatoms. The fourth-order valence-electron chi connectivity index (χ4n) is 0.868. The van der Waals surface area contributed by atoms with Gasteiger partial charge in [-0.25, -0.2) is 4.79 Å². The van der Waals surface area contributed by atoms with Gasteiger partial charge in [0.2, 0.25) is 0 Å². The van der Waals surface area contributed by atoms with Gasteiger partial charge in [-0.05, 0) is 6.92 Å². The molecule has 14 heavy (non-hydrogen) atoms. The van der Waals surface area contributed by atoms with Crippen LogP contribution in [0.5, 0.6) is 0 Å². The highest BCUT2D eigenvalue weighted by Crippen LogP contribution is 2.23. The first-order chi connectivity index (χ1) is 6.66. The molecule has 4 nitrogen and oxygen atoms in total. The summed E-state index contributed by atoms with van der Waals surface area (Å²) in [4.78, 5) is 15.6. The summed E-state index contributed by atoms with van der Waals surface area (Å²) in [5.74, 6) is -0.576. The Bertz CT molecular complexity index is 321. The zero-order valence-corrected chi connectivity index (χ0v) is 8.58. The number of esters is 1. The summed E-state index contributed by atoms with van der Waals surface area (Å²) in [5, 5.41) is 9.65. The predicted molar refractivity (Wildman–Crippen MR) is 52.8 cm³/mol. The van der Waals surface area contributed by atoms with Crippen LogP contribution in [0.2, 0.25) is 0 Å². The van der Waals surface area contributed by atoms with Crippen LogP contribution in [0, 0.1) is 0 Å². The Morgan fingerprint density at radius 1 is 1.86 bits per heavy atom. The maximum Gasteiger partial charge on any atom is 0.336 e. The molecule has 1 atom stereocenters. The van der Waals surface area contributed by atoms with Gasteiger partial charge >= 0.3 is 5.97 Å². The second-order valence-corrected chi connectivity index (χ2v) is 3.47. The van der Waals surface area contributed by atoms with Crippen LogP contribution in [0.15, 0.2) is 23.9 Å². The van der Waals surface area contributed by atoms with E-state index in [1.807, 2.05) is 0 Å². The van der Waals surface area contributed by atoms with Gasteiger partial charge in [0.25, 0.3) is 0 Å². The third-order valence-corrected chi connectivity index (χ3v) is 2.42. The van der Waals surface area contributed by atoms with Gasteiger partial charge in [0.05, 0.1) is 22.6 Å². The number of hydrogen-bond acceptors (Lipinski definition) is 5. The number of hydrogen-bond donors (Lipinski definition) is 1. The summed E-state index contributed by atoms with van der Waals surface area (Å²) in [6, 6.07) is 0. The molecule has 0 aliphatic heterocycles. The molecule has 0 aliphatic carbocycles. The van der Waals surface area contributed by atoms with Gasteiger partial charge in [-0.3, -0.25) is 4.98 Å². The van der Waals surface area contributed by atoms with E-state index in [0.717, 1.165) is 0 Å². The van der Waals surface area contributed by atoms with Crippen molar-refractivity contribution >= 4 is 17.3 Å². The highest BCUT2D eigenvalue weighted by molar-refractivity contribution is 7.09. The van der Waals surface area contributed by atoms with Crippen LogP contribution in [-0.2, 0) is 9.53 Å². The molecule has 0 aliphatic rings. The molecule has 0 saturated carbocycles. The molecule has 0 amide bonds. The lowest BCUT2D eigenvalue weighted by Crippen LogP contribution is -2.12. The number of ether oxygens (including phenoxy) is 1. The Labute approximate surface area is 85.9 Å². The first-order valence-electron chi connectivity index (χ1n) is 4.09. The molecule has 1 N–H and O–H groups in total. The second-order valence-electron chi connectivity index (χ2n) is 2.55. The molecule has 1 rings (SSSR count). The van der Waals surface area contributed by atoms with Crippen LogP contribution in [0.1, 0.15) is 17.9 Å². The normalized spacial score (nSPS) is 12.1. The van der Waals surface area contributed by atoms with Crippen molar-refractivity contribution in [3.63, 3.8) is 0 Å². The highest BCUT2D eigenvalue weighted by atomic mass is 32.1. The lowest BCUT2D eigenvalue weighted by atomic mass is 10.1. The Morgan fingerprint density at radius 2 is 2.57 bits per heavy atom. The second kappa shape index (κ2) is 4.88. The van der Waals surface area contributed by atoms with E-state index >= 15 is 0 Å². The average Bonchev–Trinajstić information content (AvgIpc) is 2.68. The molecule has 0 saturated heterocycles. The topological polar surface area (TPSA) is 59.4 Å². The zero-order valence-electron chi connectivity index (χ0n) is 7.77. The van der Waals surface area contributed by atoms with Gasteiger partial charge in [0.1, 0.15) is 6.10 Å². The highest BCUT2D eigenvalue weighted by Gasteiger charge is 2.20. The minimum atomic E-state index is -1.01. The number of carbonyl (C=O) groups is 1. The standard InChI is InChI=1S/C9H11NO3S/c1-3-13-9(12)6(2)8(11)7-4-10-5-14-7/h4-5,8,11H,2-3H2,1H3. The number of nitrogens with zero attached hydrogens (tertiary/aromatic N) is 1. The van der Waals surface area contributed by atoms with Crippen LogP contribution < -0.4 is 0 Å². The quantitative estimate of drug-likeness (QED) is 0.605. The lowest BCUT2D eigenvalue weighted by Gasteiger charge is -2.09. The van der Waals surface area contributed by atoms with E-state index in [2.05, 4.69) is 11.6 Å². The van der Waals surface area contributed by atoms with Crippen molar-refractivity contribution in [1.29, 1.82) is 0 Å². The largest absolute Gasteiger partial charge is 0.463 e. The molecule has 0 fully saturated rings. The minimum Gasteiger partial charge on any atom is -0.463 e. The Hall–Kier alpha value is -1.20. The average molecular weight is 213 g/mol. The van der Waals surface area contributed by atoms with E-state index in [9.17, 15) is 9.90 Å². The van der Waals surface area contributed by atoms with E-state index in [0.29, 0.717) is 4.88 Å². The minimum absolute atomic E-state index is 0.0381. The fraction of sp³-hybridized carbons (Fsp3) is 0.333. The van der Waals surface area contributed by atoms with Crippen molar-refractivity contribution in [2.45, 2.75) is 13.0 Å². The molecule has 1 aromatic rings. The molecular weight excluding hydrogens is 202 g/mol. The van der Waals surface area contributed by atoms with Gasteiger partial charge in [-0.1, -0.05) is 6.58 Å². The summed E-state index contributed by atoms with van der Waals surface area (Å²) >= 11 is 1.27. The van der Waals surface area contributed by atoms with Crippen molar-refractivity contribution in [3.8, 4) is 0 Å². The SMILES string of the molecule is C=C(C(=O)OCC)C(O)c1cncs1. The molecule has 0 radical (unpaired) electrons. The maximum absolute atomic E-state index is 11.2. The molecule has 1 aromatic heterocycles. The lowest BCUT2D eigenvalue weighted by molar-refractivity contribution is -0.139. The van der Waals surface area contributed by atoms with Crippen molar-refractivity contribution < 1.29 is 14.6 Å². The Kier molecular flexibility index (Phi) is 3.79. The van der Waals surface area contributed by atoms with E-state index < -0.39 is 12.1 Å². The number of aliphatic hydroxyl groups excluding tert-OH is 1. The number of thiazole rings is 1. The Morgan fingerprint density at radius 3 is 3.07 bits per heavy atom. The summed E-state index contributed by atoms with van der Waals surface area (Å²) in [5.41, 5.74) is 1.62. The van der Waals surface area contributed by atoms with Crippen molar-refractivity contribution in [3.05, 3.63) is 28.7 Å². The van der Waals surface area contributed by atoms with Gasteiger partial charge < -0.3 is 9.84 Å². The van der Waals surface area contributed by atoms with Crippen LogP contribution >= 0.6 is 11.3 Å². The monoisotopic (exact) mass is 213 g/mol. The molecule has 0 spiro atoms. The molecular formula is C9H11NO3S. The smallest absolute Gasteiger partial charge is 0.336 e. The Balaban J connectivity index is 2.66. The van der Waals surface area contributed by atoms with Crippen LogP contribution in [0.3, 0.4) is 0 Å². The van der Waals surface area contributed by atoms with Crippen molar-refractivity contribution in [2.24, 2.45) is 0 Å². The van der Waals surface area contributed by atoms with E-state index in [1.165, 1.54) is 17.5 Å². The number of carbonyl (C=O) groups excluding carboxylic acids is 1. The zero-order chi connectivity index (χ0) is 10.6. The van der Waals surface area contributed by atoms with Crippen LogP contribution in [0.4, 0.5) is 0 Å². The summed E-state index contributed by atoms with van der Waals surface area (Å²) in [6.07, 6.45) is 0.487.